The molecule has 0 aromatic carbocycles. The molecule has 0 bridgehead atoms. The maximum atomic E-state index is 6.25. The van der Waals surface area contributed by atoms with Crippen LogP contribution in [-0.2, 0) is 4.74 Å². The molecule has 1 N–H and O–H groups in total. The van der Waals surface area contributed by atoms with Crippen LogP contribution in [0.3, 0.4) is 0 Å². The van der Waals surface area contributed by atoms with Crippen molar-refractivity contribution >= 4 is 11.8 Å². The number of nitrogens with one attached hydrogen (secondary N) is 1. The van der Waals surface area contributed by atoms with E-state index in [1.54, 1.807) is 0 Å². The highest BCUT2D eigenvalue weighted by molar-refractivity contribution is 7.99. The molecule has 3 aliphatic rings. The first-order valence-corrected chi connectivity index (χ1v) is 10.4. The van der Waals surface area contributed by atoms with Gasteiger partial charge >= 0.3 is 0 Å². The molecule has 1 aliphatic carbocycles. The molecule has 0 radical (unpaired) electrons. The van der Waals surface area contributed by atoms with E-state index < -0.39 is 0 Å². The lowest BCUT2D eigenvalue weighted by Crippen LogP contribution is -2.50. The van der Waals surface area contributed by atoms with Crippen LogP contribution in [0.5, 0.6) is 0 Å². The van der Waals surface area contributed by atoms with Crippen molar-refractivity contribution in [1.82, 2.24) is 5.32 Å². The maximum absolute atomic E-state index is 6.25. The number of ether oxygens (including phenoxy) is 1. The zero-order chi connectivity index (χ0) is 14.5. The second kappa shape index (κ2) is 7.70. The molecule has 2 aliphatic heterocycles. The zero-order valence-electron chi connectivity index (χ0n) is 13.7. The summed E-state index contributed by atoms with van der Waals surface area (Å²) in [7, 11) is 0. The second-order valence-electron chi connectivity index (χ2n) is 7.46. The van der Waals surface area contributed by atoms with E-state index in [4.69, 9.17) is 4.74 Å². The molecular weight excluding hydrogens is 278 g/mol. The third-order valence-corrected chi connectivity index (χ3v) is 7.12. The van der Waals surface area contributed by atoms with Gasteiger partial charge in [0.05, 0.1) is 5.60 Å². The maximum Gasteiger partial charge on any atom is 0.0783 e. The standard InChI is InChI=1S/C18H33NOS/c1-2-10-19-17(15-6-4-3-5-7-15)16-8-11-20-18(13-16)9-12-21-14-18/h15-17,19H,2-14H2,1H3. The molecule has 0 amide bonds. The zero-order valence-corrected chi connectivity index (χ0v) is 14.6. The number of hydrogen-bond donors (Lipinski definition) is 1. The van der Waals surface area contributed by atoms with Gasteiger partial charge < -0.3 is 10.1 Å². The molecule has 3 heteroatoms. The van der Waals surface area contributed by atoms with E-state index in [9.17, 15) is 0 Å². The van der Waals surface area contributed by atoms with E-state index in [1.807, 2.05) is 0 Å². The Morgan fingerprint density at radius 2 is 2.05 bits per heavy atom. The molecule has 3 fully saturated rings. The van der Waals surface area contributed by atoms with Gasteiger partial charge in [0, 0.05) is 18.4 Å². The van der Waals surface area contributed by atoms with Crippen LogP contribution in [-0.4, -0.2) is 36.3 Å². The number of thioether (sulfide) groups is 1. The summed E-state index contributed by atoms with van der Waals surface area (Å²) in [5.41, 5.74) is 0.244. The van der Waals surface area contributed by atoms with Gasteiger partial charge in [-0.1, -0.05) is 26.2 Å². The van der Waals surface area contributed by atoms with Crippen molar-refractivity contribution in [3.63, 3.8) is 0 Å². The first-order valence-electron chi connectivity index (χ1n) is 9.28. The normalized spacial score (nSPS) is 36.1. The Morgan fingerprint density at radius 3 is 2.76 bits per heavy atom. The Morgan fingerprint density at radius 1 is 1.19 bits per heavy atom. The van der Waals surface area contributed by atoms with Crippen molar-refractivity contribution in [2.24, 2.45) is 11.8 Å². The lowest BCUT2D eigenvalue weighted by molar-refractivity contribution is -0.0893. The summed E-state index contributed by atoms with van der Waals surface area (Å²) in [6, 6.07) is 0.761. The Labute approximate surface area is 135 Å². The predicted molar refractivity (Wildman–Crippen MR) is 92.0 cm³/mol. The van der Waals surface area contributed by atoms with Gasteiger partial charge in [0.1, 0.15) is 0 Å². The molecule has 1 saturated carbocycles. The van der Waals surface area contributed by atoms with Crippen LogP contribution in [0.25, 0.3) is 0 Å². The van der Waals surface area contributed by atoms with Gasteiger partial charge in [-0.05, 0) is 62.7 Å². The van der Waals surface area contributed by atoms with E-state index in [2.05, 4.69) is 24.0 Å². The van der Waals surface area contributed by atoms with Gasteiger partial charge in [-0.3, -0.25) is 0 Å². The van der Waals surface area contributed by atoms with Gasteiger partial charge in [0.2, 0.25) is 0 Å². The molecule has 0 aromatic rings. The monoisotopic (exact) mass is 311 g/mol. The van der Waals surface area contributed by atoms with Crippen molar-refractivity contribution in [2.45, 2.75) is 76.4 Å². The van der Waals surface area contributed by atoms with Crippen LogP contribution in [0.4, 0.5) is 0 Å². The average Bonchev–Trinajstić information content (AvgIpc) is 2.97. The topological polar surface area (TPSA) is 21.3 Å². The Balaban J connectivity index is 1.65. The van der Waals surface area contributed by atoms with Gasteiger partial charge in [-0.2, -0.15) is 11.8 Å². The summed E-state index contributed by atoms with van der Waals surface area (Å²) < 4.78 is 6.25. The van der Waals surface area contributed by atoms with Crippen LogP contribution in [0.1, 0.15) is 64.7 Å². The molecule has 122 valence electrons. The van der Waals surface area contributed by atoms with E-state index in [-0.39, 0.29) is 5.60 Å². The van der Waals surface area contributed by atoms with Crippen LogP contribution < -0.4 is 5.32 Å². The van der Waals surface area contributed by atoms with Crippen molar-refractivity contribution in [3.05, 3.63) is 0 Å². The van der Waals surface area contributed by atoms with Gasteiger partial charge in [-0.15, -0.1) is 0 Å². The molecule has 21 heavy (non-hydrogen) atoms. The molecule has 1 spiro atoms. The first kappa shape index (κ1) is 16.1. The number of hydrogen-bond acceptors (Lipinski definition) is 3. The minimum Gasteiger partial charge on any atom is -0.374 e. The highest BCUT2D eigenvalue weighted by Crippen LogP contribution is 2.43. The first-order chi connectivity index (χ1) is 10.3. The largest absolute Gasteiger partial charge is 0.374 e. The van der Waals surface area contributed by atoms with Crippen molar-refractivity contribution in [3.8, 4) is 0 Å². The fourth-order valence-corrected chi connectivity index (χ4v) is 6.14. The summed E-state index contributed by atoms with van der Waals surface area (Å²) in [5, 5.41) is 3.95. The molecule has 2 heterocycles. The van der Waals surface area contributed by atoms with E-state index in [0.29, 0.717) is 0 Å². The third-order valence-electron chi connectivity index (χ3n) is 5.89. The number of rotatable bonds is 5. The summed E-state index contributed by atoms with van der Waals surface area (Å²) in [5.74, 6) is 4.34. The van der Waals surface area contributed by atoms with Crippen molar-refractivity contribution in [1.29, 1.82) is 0 Å². The van der Waals surface area contributed by atoms with Gasteiger partial charge in [-0.25, -0.2) is 0 Å². The molecular formula is C18H33NOS. The molecule has 3 rings (SSSR count). The highest BCUT2D eigenvalue weighted by Gasteiger charge is 2.43. The molecule has 2 saturated heterocycles. The lowest BCUT2D eigenvalue weighted by Gasteiger charge is -2.44. The second-order valence-corrected chi connectivity index (χ2v) is 8.57. The van der Waals surface area contributed by atoms with Crippen molar-refractivity contribution in [2.75, 3.05) is 24.7 Å². The van der Waals surface area contributed by atoms with Crippen LogP contribution in [0.2, 0.25) is 0 Å². The van der Waals surface area contributed by atoms with Crippen molar-refractivity contribution < 1.29 is 4.74 Å². The molecule has 3 atom stereocenters. The van der Waals surface area contributed by atoms with E-state index in [1.165, 1.54) is 75.8 Å². The molecule has 0 aromatic heterocycles. The van der Waals surface area contributed by atoms with Crippen LogP contribution in [0.15, 0.2) is 0 Å². The summed E-state index contributed by atoms with van der Waals surface area (Å²) >= 11 is 2.10. The average molecular weight is 312 g/mol. The quantitative estimate of drug-likeness (QED) is 0.820. The van der Waals surface area contributed by atoms with Crippen LogP contribution >= 0.6 is 11.8 Å². The lowest BCUT2D eigenvalue weighted by atomic mass is 9.73. The predicted octanol–water partition coefficient (Wildman–Crippen LogP) is 4.24. The molecule has 3 unspecified atom stereocenters. The van der Waals surface area contributed by atoms with Gasteiger partial charge in [0.25, 0.3) is 0 Å². The fourth-order valence-electron chi connectivity index (χ4n) is 4.76. The minimum absolute atomic E-state index is 0.244. The van der Waals surface area contributed by atoms with Crippen LogP contribution in [0, 0.1) is 11.8 Å². The molecule has 2 nitrogen and oxygen atoms in total. The SMILES string of the molecule is CCCNC(C1CCCCC1)C1CCOC2(CCSC2)C1. The highest BCUT2D eigenvalue weighted by atomic mass is 32.2. The Kier molecular flexibility index (Phi) is 5.92. The Bertz CT molecular complexity index is 310. The fraction of sp³-hybridized carbons (Fsp3) is 1.00. The summed E-state index contributed by atoms with van der Waals surface area (Å²) in [6.45, 7) is 4.49. The third kappa shape index (κ3) is 3.97. The van der Waals surface area contributed by atoms with E-state index in [0.717, 1.165) is 24.5 Å². The van der Waals surface area contributed by atoms with Gasteiger partial charge in [0.15, 0.2) is 0 Å². The van der Waals surface area contributed by atoms with E-state index >= 15 is 0 Å². The smallest absolute Gasteiger partial charge is 0.0783 e. The summed E-state index contributed by atoms with van der Waals surface area (Å²) in [6.07, 6.45) is 12.4. The minimum atomic E-state index is 0.244. The Hall–Kier alpha value is 0.270. The summed E-state index contributed by atoms with van der Waals surface area (Å²) in [4.78, 5) is 0.